The second-order valence-electron chi connectivity index (χ2n) is 10.1. The number of allylic oxidation sites excluding steroid dienone is 1. The number of cyclic esters (lactones) is 1. The number of aliphatic hydroxyl groups excluding tert-OH is 1. The van der Waals surface area contributed by atoms with Crippen LogP contribution >= 0.6 is 0 Å². The number of carbonyl (C=O) groups is 3. The maximum Gasteiger partial charge on any atom is 0.312 e. The first-order chi connectivity index (χ1) is 15.2. The molecule has 0 aromatic heterocycles. The molecular formula is C24H34N2O6. The van der Waals surface area contributed by atoms with Gasteiger partial charge in [-0.25, -0.2) is 0 Å². The van der Waals surface area contributed by atoms with Crippen molar-refractivity contribution in [3.8, 4) is 0 Å². The summed E-state index contributed by atoms with van der Waals surface area (Å²) in [5.41, 5.74) is -1.76. The fourth-order valence-corrected chi connectivity index (χ4v) is 5.60. The van der Waals surface area contributed by atoms with Crippen molar-refractivity contribution in [2.45, 2.75) is 76.3 Å². The number of carbonyl (C=O) groups excluding carboxylic acids is 3. The first-order valence-electron chi connectivity index (χ1n) is 11.6. The first-order valence-corrected chi connectivity index (χ1v) is 11.6. The van der Waals surface area contributed by atoms with E-state index in [1.807, 2.05) is 52.0 Å². The Morgan fingerprint density at radius 2 is 1.97 bits per heavy atom. The van der Waals surface area contributed by atoms with Crippen LogP contribution in [0, 0.1) is 11.8 Å². The molecule has 0 bridgehead atoms. The van der Waals surface area contributed by atoms with E-state index in [2.05, 4.69) is 0 Å². The van der Waals surface area contributed by atoms with Crippen molar-refractivity contribution in [3.63, 3.8) is 0 Å². The third-order valence-electron chi connectivity index (χ3n) is 7.17. The Balaban J connectivity index is 1.88. The third kappa shape index (κ3) is 3.39. The minimum absolute atomic E-state index is 0.228. The second-order valence-corrected chi connectivity index (χ2v) is 10.1. The Kier molecular flexibility index (Phi) is 5.96. The maximum absolute atomic E-state index is 14.0. The van der Waals surface area contributed by atoms with Gasteiger partial charge in [0.1, 0.15) is 17.6 Å². The van der Waals surface area contributed by atoms with Crippen molar-refractivity contribution in [3.05, 3.63) is 24.3 Å². The lowest BCUT2D eigenvalue weighted by atomic mass is 9.78. The quantitative estimate of drug-likeness (QED) is 0.520. The van der Waals surface area contributed by atoms with Gasteiger partial charge in [-0.05, 0) is 40.0 Å². The lowest BCUT2D eigenvalue weighted by Crippen LogP contribution is -2.60. The van der Waals surface area contributed by atoms with Crippen LogP contribution in [0.15, 0.2) is 24.3 Å². The minimum atomic E-state index is -1.28. The fraction of sp³-hybridized carbons (Fsp3) is 0.708. The third-order valence-corrected chi connectivity index (χ3v) is 7.17. The minimum Gasteiger partial charge on any atom is -0.465 e. The number of rotatable bonds is 3. The summed E-state index contributed by atoms with van der Waals surface area (Å²) in [4.78, 5) is 44.2. The fourth-order valence-electron chi connectivity index (χ4n) is 5.60. The van der Waals surface area contributed by atoms with Crippen LogP contribution in [0.4, 0.5) is 0 Å². The zero-order valence-electron chi connectivity index (χ0n) is 19.3. The van der Waals surface area contributed by atoms with Crippen molar-refractivity contribution in [2.75, 3.05) is 19.8 Å². The number of ether oxygens (including phenoxy) is 2. The molecule has 4 aliphatic rings. The molecule has 8 heteroatoms. The Morgan fingerprint density at radius 1 is 1.22 bits per heavy atom. The molecule has 1 N–H and O–H groups in total. The van der Waals surface area contributed by atoms with E-state index in [4.69, 9.17) is 9.47 Å². The van der Waals surface area contributed by atoms with Gasteiger partial charge in [0.2, 0.25) is 11.8 Å². The lowest BCUT2D eigenvalue weighted by Gasteiger charge is -2.42. The SMILES string of the molecule is CC[C@@H](CO)N1C(=O)[C@@H]2[C@H]3C(=O)OCCC/C=C\[C@H]3O[C@@]23C=CCN(C(C)(C)C)C(=O)C13. The van der Waals surface area contributed by atoms with Crippen LogP contribution in [0.3, 0.4) is 0 Å². The molecule has 0 saturated carbocycles. The van der Waals surface area contributed by atoms with Gasteiger partial charge in [-0.1, -0.05) is 31.2 Å². The highest BCUT2D eigenvalue weighted by atomic mass is 16.6. The summed E-state index contributed by atoms with van der Waals surface area (Å²) >= 11 is 0. The van der Waals surface area contributed by atoms with E-state index < -0.39 is 47.1 Å². The zero-order chi connectivity index (χ0) is 23.3. The standard InChI is InChI=1S/C24H34N2O6/c1-5-15(14-27)26-19-21(29)25(23(2,3)4)12-9-11-24(19)18(20(26)28)17-16(32-24)10-7-6-8-13-31-22(17)30/h7,9-11,15-19,27H,5-6,8,12-14H2,1-4H3/b10-7-/t15-,16+,17-,18-,19?,24-/m0/s1. The predicted octanol–water partition coefficient (Wildman–Crippen LogP) is 1.43. The maximum atomic E-state index is 14.0. The summed E-state index contributed by atoms with van der Waals surface area (Å²) in [6.45, 7) is 8.11. The molecule has 1 unspecified atom stereocenters. The summed E-state index contributed by atoms with van der Waals surface area (Å²) in [6, 6.07) is -1.50. The van der Waals surface area contributed by atoms with E-state index in [-0.39, 0.29) is 25.0 Å². The van der Waals surface area contributed by atoms with E-state index in [0.29, 0.717) is 19.4 Å². The normalized spacial score (nSPS) is 37.0. The smallest absolute Gasteiger partial charge is 0.312 e. The molecule has 176 valence electrons. The molecule has 4 aliphatic heterocycles. The van der Waals surface area contributed by atoms with Gasteiger partial charge < -0.3 is 24.4 Å². The molecule has 2 saturated heterocycles. The summed E-state index contributed by atoms with van der Waals surface area (Å²) in [5.74, 6) is -2.74. The predicted molar refractivity (Wildman–Crippen MR) is 116 cm³/mol. The van der Waals surface area contributed by atoms with Gasteiger partial charge in [0, 0.05) is 12.1 Å². The van der Waals surface area contributed by atoms with Crippen molar-refractivity contribution >= 4 is 17.8 Å². The average molecular weight is 447 g/mol. The van der Waals surface area contributed by atoms with Crippen LogP contribution in [0.25, 0.3) is 0 Å². The van der Waals surface area contributed by atoms with Gasteiger partial charge in [0.05, 0.1) is 31.3 Å². The van der Waals surface area contributed by atoms with Crippen molar-refractivity contribution in [1.82, 2.24) is 9.80 Å². The van der Waals surface area contributed by atoms with Gasteiger partial charge >= 0.3 is 5.97 Å². The highest BCUT2D eigenvalue weighted by Gasteiger charge is 2.72. The molecule has 6 atom stereocenters. The second kappa shape index (κ2) is 8.30. The summed E-state index contributed by atoms with van der Waals surface area (Å²) in [5, 5.41) is 10.1. The van der Waals surface area contributed by atoms with Crippen LogP contribution in [0.1, 0.15) is 47.0 Å². The summed E-state index contributed by atoms with van der Waals surface area (Å²) < 4.78 is 12.0. The zero-order valence-corrected chi connectivity index (χ0v) is 19.3. The number of aliphatic hydroxyl groups is 1. The van der Waals surface area contributed by atoms with Crippen LogP contribution in [-0.2, 0) is 23.9 Å². The van der Waals surface area contributed by atoms with Crippen molar-refractivity contribution in [2.24, 2.45) is 11.8 Å². The molecule has 2 amide bonds. The summed E-state index contributed by atoms with van der Waals surface area (Å²) in [7, 11) is 0. The van der Waals surface area contributed by atoms with Gasteiger partial charge in [-0.2, -0.15) is 0 Å². The number of hydrogen-bond donors (Lipinski definition) is 1. The Hall–Kier alpha value is -2.19. The highest BCUT2D eigenvalue weighted by molar-refractivity contribution is 5.99. The molecule has 1 spiro atoms. The van der Waals surface area contributed by atoms with Crippen LogP contribution in [-0.4, -0.2) is 81.8 Å². The molecular weight excluding hydrogens is 412 g/mol. The van der Waals surface area contributed by atoms with Crippen LogP contribution in [0.2, 0.25) is 0 Å². The Bertz CT molecular complexity index is 842. The van der Waals surface area contributed by atoms with Crippen LogP contribution in [0.5, 0.6) is 0 Å². The molecule has 32 heavy (non-hydrogen) atoms. The number of likely N-dealkylation sites (tertiary alicyclic amines) is 1. The van der Waals surface area contributed by atoms with Gasteiger partial charge in [0.15, 0.2) is 0 Å². The van der Waals surface area contributed by atoms with Crippen molar-refractivity contribution < 1.29 is 29.0 Å². The Labute approximate surface area is 189 Å². The molecule has 4 heterocycles. The molecule has 0 aromatic rings. The number of nitrogens with zero attached hydrogens (tertiary/aromatic N) is 2. The molecule has 0 aromatic carbocycles. The van der Waals surface area contributed by atoms with E-state index in [1.54, 1.807) is 4.90 Å². The van der Waals surface area contributed by atoms with Gasteiger partial charge in [-0.3, -0.25) is 14.4 Å². The molecule has 4 rings (SSSR count). The van der Waals surface area contributed by atoms with Crippen molar-refractivity contribution in [1.29, 1.82) is 0 Å². The number of esters is 1. The molecule has 0 radical (unpaired) electrons. The van der Waals surface area contributed by atoms with E-state index in [9.17, 15) is 19.5 Å². The largest absolute Gasteiger partial charge is 0.465 e. The number of amides is 2. The Morgan fingerprint density at radius 3 is 2.62 bits per heavy atom. The highest BCUT2D eigenvalue weighted by Crippen LogP contribution is 2.54. The topological polar surface area (TPSA) is 96.4 Å². The molecule has 0 aliphatic carbocycles. The van der Waals surface area contributed by atoms with Gasteiger partial charge in [-0.15, -0.1) is 0 Å². The lowest BCUT2D eigenvalue weighted by molar-refractivity contribution is -0.157. The molecule has 2 fully saturated rings. The monoisotopic (exact) mass is 446 g/mol. The van der Waals surface area contributed by atoms with Crippen LogP contribution < -0.4 is 0 Å². The van der Waals surface area contributed by atoms with E-state index in [0.717, 1.165) is 6.42 Å². The number of fused-ring (bicyclic) bond motifs is 2. The summed E-state index contributed by atoms with van der Waals surface area (Å²) in [6.07, 6.45) is 8.77. The van der Waals surface area contributed by atoms with Gasteiger partial charge in [0.25, 0.3) is 0 Å². The molecule has 8 nitrogen and oxygen atoms in total. The number of hydrogen-bond acceptors (Lipinski definition) is 6. The average Bonchev–Trinajstić information content (AvgIpc) is 3.13. The first kappa shape index (κ1) is 23.0. The van der Waals surface area contributed by atoms with E-state index in [1.165, 1.54) is 4.90 Å². The van der Waals surface area contributed by atoms with E-state index >= 15 is 0 Å².